The van der Waals surface area contributed by atoms with Crippen molar-refractivity contribution in [3.63, 3.8) is 0 Å². The molecule has 1 fully saturated rings. The van der Waals surface area contributed by atoms with E-state index in [4.69, 9.17) is 0 Å². The number of amides is 2. The molecule has 1 aliphatic rings. The molecule has 0 atom stereocenters. The summed E-state index contributed by atoms with van der Waals surface area (Å²) in [6.45, 7) is 2.32. The molecule has 166 valence electrons. The SMILES string of the molecule is CCNC(=O)C1(NC(=O)c2ccc(NS(=O)(=O)c3ccc(F)cc3)cc2)CCCCC1. The first-order chi connectivity index (χ1) is 14.8. The van der Waals surface area contributed by atoms with Crippen molar-refractivity contribution in [1.29, 1.82) is 0 Å². The molecule has 0 aromatic heterocycles. The van der Waals surface area contributed by atoms with E-state index in [9.17, 15) is 22.4 Å². The summed E-state index contributed by atoms with van der Waals surface area (Å²) in [5.74, 6) is -1.09. The highest BCUT2D eigenvalue weighted by molar-refractivity contribution is 7.92. The van der Waals surface area contributed by atoms with E-state index in [1.54, 1.807) is 0 Å². The van der Waals surface area contributed by atoms with Crippen LogP contribution in [0.5, 0.6) is 0 Å². The van der Waals surface area contributed by atoms with Crippen LogP contribution < -0.4 is 15.4 Å². The molecule has 7 nitrogen and oxygen atoms in total. The maximum atomic E-state index is 13.0. The minimum absolute atomic E-state index is 0.0723. The Morgan fingerprint density at radius 2 is 1.58 bits per heavy atom. The van der Waals surface area contributed by atoms with Crippen LogP contribution in [0.3, 0.4) is 0 Å². The van der Waals surface area contributed by atoms with Crippen molar-refractivity contribution in [2.45, 2.75) is 49.5 Å². The van der Waals surface area contributed by atoms with Gasteiger partial charge in [0.25, 0.3) is 15.9 Å². The topological polar surface area (TPSA) is 104 Å². The number of hydrogen-bond donors (Lipinski definition) is 3. The Kier molecular flexibility index (Phi) is 6.94. The fourth-order valence-electron chi connectivity index (χ4n) is 3.70. The van der Waals surface area contributed by atoms with Gasteiger partial charge in [-0.1, -0.05) is 19.3 Å². The molecule has 0 aliphatic heterocycles. The van der Waals surface area contributed by atoms with E-state index >= 15 is 0 Å². The molecular weight excluding hydrogens is 421 g/mol. The van der Waals surface area contributed by atoms with Gasteiger partial charge in [-0.2, -0.15) is 0 Å². The van der Waals surface area contributed by atoms with Crippen LogP contribution in [-0.4, -0.2) is 32.3 Å². The van der Waals surface area contributed by atoms with E-state index < -0.39 is 21.4 Å². The smallest absolute Gasteiger partial charge is 0.261 e. The summed E-state index contributed by atoms with van der Waals surface area (Å²) in [4.78, 5) is 25.4. The molecule has 2 aromatic carbocycles. The van der Waals surface area contributed by atoms with E-state index in [2.05, 4.69) is 15.4 Å². The molecule has 2 aromatic rings. The lowest BCUT2D eigenvalue weighted by Crippen LogP contribution is -2.59. The maximum Gasteiger partial charge on any atom is 0.261 e. The van der Waals surface area contributed by atoms with Crippen LogP contribution in [0.25, 0.3) is 0 Å². The van der Waals surface area contributed by atoms with E-state index in [1.165, 1.54) is 36.4 Å². The van der Waals surface area contributed by atoms with Gasteiger partial charge in [0.15, 0.2) is 0 Å². The predicted molar refractivity (Wildman–Crippen MR) is 116 cm³/mol. The first-order valence-corrected chi connectivity index (χ1v) is 11.7. The first kappa shape index (κ1) is 22.7. The lowest BCUT2D eigenvalue weighted by atomic mass is 9.80. The van der Waals surface area contributed by atoms with E-state index in [0.29, 0.717) is 24.9 Å². The summed E-state index contributed by atoms with van der Waals surface area (Å²) in [6, 6.07) is 10.4. The maximum absolute atomic E-state index is 13.0. The summed E-state index contributed by atoms with van der Waals surface area (Å²) >= 11 is 0. The Bertz CT molecular complexity index is 1030. The van der Waals surface area contributed by atoms with E-state index in [0.717, 1.165) is 31.4 Å². The molecule has 9 heteroatoms. The second-order valence-electron chi connectivity index (χ2n) is 7.59. The number of rotatable bonds is 7. The molecule has 3 N–H and O–H groups in total. The zero-order valence-electron chi connectivity index (χ0n) is 17.3. The summed E-state index contributed by atoms with van der Waals surface area (Å²) < 4.78 is 40.3. The molecule has 0 spiro atoms. The Morgan fingerprint density at radius 1 is 0.968 bits per heavy atom. The molecule has 1 saturated carbocycles. The van der Waals surface area contributed by atoms with Gasteiger partial charge in [-0.15, -0.1) is 0 Å². The van der Waals surface area contributed by atoms with E-state index in [-0.39, 0.29) is 22.4 Å². The molecule has 0 saturated heterocycles. The highest BCUT2D eigenvalue weighted by atomic mass is 32.2. The number of carbonyl (C=O) groups excluding carboxylic acids is 2. The average Bonchev–Trinajstić information content (AvgIpc) is 2.75. The Morgan fingerprint density at radius 3 is 2.16 bits per heavy atom. The zero-order valence-corrected chi connectivity index (χ0v) is 18.1. The summed E-state index contributed by atoms with van der Waals surface area (Å²) in [7, 11) is -3.88. The van der Waals surface area contributed by atoms with Crippen molar-refractivity contribution in [3.8, 4) is 0 Å². The van der Waals surface area contributed by atoms with Crippen molar-refractivity contribution in [2.75, 3.05) is 11.3 Å². The first-order valence-electron chi connectivity index (χ1n) is 10.2. The monoisotopic (exact) mass is 447 g/mol. The van der Waals surface area contributed by atoms with Gasteiger partial charge in [0.2, 0.25) is 5.91 Å². The lowest BCUT2D eigenvalue weighted by Gasteiger charge is -2.36. The summed E-state index contributed by atoms with van der Waals surface area (Å²) in [5.41, 5.74) is -0.343. The van der Waals surface area contributed by atoms with Crippen LogP contribution >= 0.6 is 0 Å². The van der Waals surface area contributed by atoms with Crippen molar-refractivity contribution < 1.29 is 22.4 Å². The van der Waals surface area contributed by atoms with Crippen LogP contribution in [0.4, 0.5) is 10.1 Å². The van der Waals surface area contributed by atoms with Gasteiger partial charge in [0.05, 0.1) is 4.90 Å². The molecule has 0 bridgehead atoms. The molecule has 31 heavy (non-hydrogen) atoms. The minimum Gasteiger partial charge on any atom is -0.354 e. The number of benzene rings is 2. The standard InChI is InChI=1S/C22H26FN3O4S/c1-2-24-21(28)22(14-4-3-5-15-22)25-20(27)16-6-10-18(11-7-16)26-31(29,30)19-12-8-17(23)9-13-19/h6-13,26H,2-5,14-15H2,1H3,(H,24,28)(H,25,27). The minimum atomic E-state index is -3.88. The highest BCUT2D eigenvalue weighted by Crippen LogP contribution is 2.29. The zero-order chi connectivity index (χ0) is 22.5. The fourth-order valence-corrected chi connectivity index (χ4v) is 4.76. The van der Waals surface area contributed by atoms with Gasteiger partial charge in [-0.25, -0.2) is 12.8 Å². The predicted octanol–water partition coefficient (Wildman–Crippen LogP) is 3.20. The molecule has 0 heterocycles. The van der Waals surface area contributed by atoms with Crippen LogP contribution in [0, 0.1) is 5.82 Å². The van der Waals surface area contributed by atoms with Gasteiger partial charge in [-0.05, 0) is 68.3 Å². The van der Waals surface area contributed by atoms with Gasteiger partial charge in [-0.3, -0.25) is 14.3 Å². The van der Waals surface area contributed by atoms with Crippen molar-refractivity contribution in [1.82, 2.24) is 10.6 Å². The Hall–Kier alpha value is -2.94. The van der Waals surface area contributed by atoms with Crippen molar-refractivity contribution >= 4 is 27.5 Å². The van der Waals surface area contributed by atoms with Crippen LogP contribution in [0.15, 0.2) is 53.4 Å². The average molecular weight is 448 g/mol. The lowest BCUT2D eigenvalue weighted by molar-refractivity contribution is -0.128. The second kappa shape index (κ2) is 9.47. The highest BCUT2D eigenvalue weighted by Gasteiger charge is 2.40. The van der Waals surface area contributed by atoms with Gasteiger partial charge in [0.1, 0.15) is 11.4 Å². The number of hydrogen-bond acceptors (Lipinski definition) is 4. The van der Waals surface area contributed by atoms with Crippen molar-refractivity contribution in [3.05, 3.63) is 59.9 Å². The number of nitrogens with one attached hydrogen (secondary N) is 3. The number of anilines is 1. The number of sulfonamides is 1. The number of likely N-dealkylation sites (N-methyl/N-ethyl adjacent to an activating group) is 1. The van der Waals surface area contributed by atoms with Gasteiger partial charge >= 0.3 is 0 Å². The normalized spacial score (nSPS) is 15.7. The quantitative estimate of drug-likeness (QED) is 0.606. The Labute approximate surface area is 181 Å². The van der Waals surface area contributed by atoms with E-state index in [1.807, 2.05) is 6.92 Å². The largest absolute Gasteiger partial charge is 0.354 e. The molecule has 1 aliphatic carbocycles. The molecule has 0 unspecified atom stereocenters. The molecule has 3 rings (SSSR count). The van der Waals surface area contributed by atoms with Crippen molar-refractivity contribution in [2.24, 2.45) is 0 Å². The number of halogens is 1. The van der Waals surface area contributed by atoms with Crippen LogP contribution in [-0.2, 0) is 14.8 Å². The fraction of sp³-hybridized carbons (Fsp3) is 0.364. The van der Waals surface area contributed by atoms with Gasteiger partial charge < -0.3 is 10.6 Å². The van der Waals surface area contributed by atoms with Crippen LogP contribution in [0.2, 0.25) is 0 Å². The molecule has 2 amide bonds. The summed E-state index contributed by atoms with van der Waals surface area (Å²) in [6.07, 6.45) is 3.92. The number of carbonyl (C=O) groups is 2. The summed E-state index contributed by atoms with van der Waals surface area (Å²) in [5, 5.41) is 5.72. The second-order valence-corrected chi connectivity index (χ2v) is 9.28. The molecule has 0 radical (unpaired) electrons. The Balaban J connectivity index is 1.72. The van der Waals surface area contributed by atoms with Gasteiger partial charge in [0, 0.05) is 17.8 Å². The third-order valence-corrected chi connectivity index (χ3v) is 6.75. The van der Waals surface area contributed by atoms with Crippen LogP contribution in [0.1, 0.15) is 49.4 Å². The third-order valence-electron chi connectivity index (χ3n) is 5.36. The molecular formula is C22H26FN3O4S. The third kappa shape index (κ3) is 5.41.